The molecule has 1 unspecified atom stereocenters. The van der Waals surface area contributed by atoms with E-state index in [1.54, 1.807) is 6.26 Å². The Bertz CT molecular complexity index is 589. The van der Waals surface area contributed by atoms with Crippen molar-refractivity contribution < 1.29 is 9.52 Å². The van der Waals surface area contributed by atoms with Crippen molar-refractivity contribution in [2.24, 2.45) is 0 Å². The fourth-order valence-corrected chi connectivity index (χ4v) is 3.10. The summed E-state index contributed by atoms with van der Waals surface area (Å²) in [6.07, 6.45) is 3.37. The molecule has 4 heteroatoms. The topological polar surface area (TPSA) is 48.6 Å². The lowest BCUT2D eigenvalue weighted by Gasteiger charge is -2.30. The first kappa shape index (κ1) is 16.2. The molecule has 23 heavy (non-hydrogen) atoms. The zero-order valence-corrected chi connectivity index (χ0v) is 13.7. The van der Waals surface area contributed by atoms with Gasteiger partial charge in [0.1, 0.15) is 5.76 Å². The van der Waals surface area contributed by atoms with Crippen LogP contribution >= 0.6 is 0 Å². The molecular formula is C19H26N2O2. The van der Waals surface area contributed by atoms with Gasteiger partial charge in [-0.3, -0.25) is 4.90 Å². The summed E-state index contributed by atoms with van der Waals surface area (Å²) in [4.78, 5) is 2.43. The Kier molecular flexibility index (Phi) is 5.49. The molecule has 0 saturated carbocycles. The molecule has 0 bridgehead atoms. The minimum atomic E-state index is -0.114. The van der Waals surface area contributed by atoms with Gasteiger partial charge in [0.25, 0.3) is 0 Å². The summed E-state index contributed by atoms with van der Waals surface area (Å²) in [5, 5.41) is 13.2. The van der Waals surface area contributed by atoms with Gasteiger partial charge in [-0.05, 0) is 43.0 Å². The summed E-state index contributed by atoms with van der Waals surface area (Å²) in [5.41, 5.74) is 2.69. The molecule has 4 nitrogen and oxygen atoms in total. The number of nitrogens with zero attached hydrogens (tertiary/aromatic N) is 1. The first-order valence-corrected chi connectivity index (χ1v) is 8.46. The molecule has 1 fully saturated rings. The van der Waals surface area contributed by atoms with E-state index >= 15 is 0 Å². The maximum atomic E-state index is 9.64. The third-order valence-electron chi connectivity index (χ3n) is 4.64. The standard InChI is InChI=1S/C19H26N2O2/c1-15(19-7-4-12-23-19)20-13-16-5-2-3-6-17(16)14-21-10-8-18(22)9-11-21/h2-7,12,15,18,20,22H,8-11,13-14H2,1H3. The maximum Gasteiger partial charge on any atom is 0.120 e. The molecule has 2 heterocycles. The Morgan fingerprint density at radius 1 is 1.17 bits per heavy atom. The van der Waals surface area contributed by atoms with Gasteiger partial charge >= 0.3 is 0 Å². The number of aliphatic hydroxyl groups excluding tert-OH is 1. The molecule has 1 aromatic carbocycles. The van der Waals surface area contributed by atoms with Gasteiger partial charge < -0.3 is 14.8 Å². The van der Waals surface area contributed by atoms with Gasteiger partial charge in [0.2, 0.25) is 0 Å². The van der Waals surface area contributed by atoms with Crippen LogP contribution in [-0.2, 0) is 13.1 Å². The average molecular weight is 314 g/mol. The van der Waals surface area contributed by atoms with E-state index in [4.69, 9.17) is 4.42 Å². The van der Waals surface area contributed by atoms with Crippen molar-refractivity contribution in [3.05, 3.63) is 59.5 Å². The second-order valence-corrected chi connectivity index (χ2v) is 6.39. The third-order valence-corrected chi connectivity index (χ3v) is 4.64. The predicted molar refractivity (Wildman–Crippen MR) is 90.9 cm³/mol. The van der Waals surface area contributed by atoms with Crippen LogP contribution in [0.2, 0.25) is 0 Å². The van der Waals surface area contributed by atoms with Crippen molar-refractivity contribution in [2.75, 3.05) is 13.1 Å². The average Bonchev–Trinajstić information content (AvgIpc) is 3.10. The van der Waals surface area contributed by atoms with Crippen LogP contribution in [0.5, 0.6) is 0 Å². The zero-order valence-electron chi connectivity index (χ0n) is 13.7. The van der Waals surface area contributed by atoms with Crippen LogP contribution in [0.15, 0.2) is 47.1 Å². The minimum absolute atomic E-state index is 0.114. The Hall–Kier alpha value is -1.62. The summed E-state index contributed by atoms with van der Waals surface area (Å²) in [7, 11) is 0. The number of hydrogen-bond donors (Lipinski definition) is 2. The van der Waals surface area contributed by atoms with Crippen molar-refractivity contribution in [3.8, 4) is 0 Å². The molecule has 0 radical (unpaired) electrons. The highest BCUT2D eigenvalue weighted by atomic mass is 16.3. The molecule has 0 amide bonds. The highest BCUT2D eigenvalue weighted by molar-refractivity contribution is 5.27. The van der Waals surface area contributed by atoms with E-state index in [2.05, 4.69) is 41.4 Å². The van der Waals surface area contributed by atoms with Crippen molar-refractivity contribution in [1.29, 1.82) is 0 Å². The molecule has 1 atom stereocenters. The van der Waals surface area contributed by atoms with Crippen LogP contribution in [0.25, 0.3) is 0 Å². The monoisotopic (exact) mass is 314 g/mol. The molecule has 2 N–H and O–H groups in total. The molecule has 1 aliphatic rings. The summed E-state index contributed by atoms with van der Waals surface area (Å²) in [6, 6.07) is 12.7. The van der Waals surface area contributed by atoms with E-state index in [-0.39, 0.29) is 12.1 Å². The van der Waals surface area contributed by atoms with Crippen LogP contribution in [0, 0.1) is 0 Å². The largest absolute Gasteiger partial charge is 0.468 e. The van der Waals surface area contributed by atoms with Gasteiger partial charge in [0, 0.05) is 26.2 Å². The number of aliphatic hydroxyl groups is 1. The quantitative estimate of drug-likeness (QED) is 0.860. The van der Waals surface area contributed by atoms with E-state index in [1.165, 1.54) is 11.1 Å². The highest BCUT2D eigenvalue weighted by Gasteiger charge is 2.18. The fraction of sp³-hybridized carbons (Fsp3) is 0.474. The molecular weight excluding hydrogens is 288 g/mol. The van der Waals surface area contributed by atoms with E-state index in [9.17, 15) is 5.11 Å². The van der Waals surface area contributed by atoms with Crippen molar-refractivity contribution in [1.82, 2.24) is 10.2 Å². The Labute approximate surface area is 138 Å². The molecule has 1 aromatic heterocycles. The van der Waals surface area contributed by atoms with Crippen LogP contribution in [-0.4, -0.2) is 29.2 Å². The highest BCUT2D eigenvalue weighted by Crippen LogP contribution is 2.18. The SMILES string of the molecule is CC(NCc1ccccc1CN1CCC(O)CC1)c1ccco1. The number of benzene rings is 1. The van der Waals surface area contributed by atoms with Crippen molar-refractivity contribution in [3.63, 3.8) is 0 Å². The Balaban J connectivity index is 1.59. The van der Waals surface area contributed by atoms with Crippen molar-refractivity contribution in [2.45, 2.75) is 45.0 Å². The Morgan fingerprint density at radius 3 is 2.61 bits per heavy atom. The van der Waals surface area contributed by atoms with Crippen LogP contribution < -0.4 is 5.32 Å². The summed E-state index contributed by atoms with van der Waals surface area (Å²) >= 11 is 0. The minimum Gasteiger partial charge on any atom is -0.468 e. The number of hydrogen-bond acceptors (Lipinski definition) is 4. The Morgan fingerprint density at radius 2 is 1.91 bits per heavy atom. The van der Waals surface area contributed by atoms with E-state index < -0.39 is 0 Å². The number of rotatable bonds is 6. The van der Waals surface area contributed by atoms with Crippen LogP contribution in [0.4, 0.5) is 0 Å². The predicted octanol–water partition coefficient (Wildman–Crippen LogP) is 3.09. The van der Waals surface area contributed by atoms with Gasteiger partial charge in [-0.1, -0.05) is 24.3 Å². The molecule has 124 valence electrons. The lowest BCUT2D eigenvalue weighted by Crippen LogP contribution is -2.35. The molecule has 0 spiro atoms. The van der Waals surface area contributed by atoms with Gasteiger partial charge in [-0.2, -0.15) is 0 Å². The zero-order chi connectivity index (χ0) is 16.1. The summed E-state index contributed by atoms with van der Waals surface area (Å²) in [5.74, 6) is 0.965. The first-order valence-electron chi connectivity index (χ1n) is 8.46. The smallest absolute Gasteiger partial charge is 0.120 e. The number of furan rings is 1. The van der Waals surface area contributed by atoms with E-state index in [0.29, 0.717) is 0 Å². The lowest BCUT2D eigenvalue weighted by molar-refractivity contribution is 0.0791. The van der Waals surface area contributed by atoms with E-state index in [0.717, 1.165) is 44.8 Å². The van der Waals surface area contributed by atoms with Crippen LogP contribution in [0.1, 0.15) is 42.7 Å². The second-order valence-electron chi connectivity index (χ2n) is 6.39. The van der Waals surface area contributed by atoms with Gasteiger partial charge in [-0.15, -0.1) is 0 Å². The normalized spacial score (nSPS) is 18.2. The molecule has 1 saturated heterocycles. The van der Waals surface area contributed by atoms with Gasteiger partial charge in [-0.25, -0.2) is 0 Å². The molecule has 0 aliphatic carbocycles. The first-order chi connectivity index (χ1) is 11.2. The van der Waals surface area contributed by atoms with Gasteiger partial charge in [0.05, 0.1) is 18.4 Å². The van der Waals surface area contributed by atoms with Gasteiger partial charge in [0.15, 0.2) is 0 Å². The molecule has 1 aliphatic heterocycles. The fourth-order valence-electron chi connectivity index (χ4n) is 3.10. The van der Waals surface area contributed by atoms with E-state index in [1.807, 2.05) is 12.1 Å². The van der Waals surface area contributed by atoms with Crippen molar-refractivity contribution >= 4 is 0 Å². The lowest BCUT2D eigenvalue weighted by atomic mass is 10.0. The summed E-state index contributed by atoms with van der Waals surface area (Å²) in [6.45, 7) is 5.86. The number of nitrogens with one attached hydrogen (secondary N) is 1. The number of likely N-dealkylation sites (tertiary alicyclic amines) is 1. The maximum absolute atomic E-state index is 9.64. The molecule has 2 aromatic rings. The number of piperidine rings is 1. The molecule has 3 rings (SSSR count). The van der Waals surface area contributed by atoms with Crippen LogP contribution in [0.3, 0.4) is 0 Å². The summed E-state index contributed by atoms with van der Waals surface area (Å²) < 4.78 is 5.45. The third kappa shape index (κ3) is 4.44. The second kappa shape index (κ2) is 7.77.